The highest BCUT2D eigenvalue weighted by molar-refractivity contribution is 8.01. The van der Waals surface area contributed by atoms with Crippen molar-refractivity contribution in [2.45, 2.75) is 10.9 Å². The van der Waals surface area contributed by atoms with Crippen LogP contribution in [0.15, 0.2) is 70.1 Å². The zero-order valence-corrected chi connectivity index (χ0v) is 21.1. The quantitative estimate of drug-likeness (QED) is 0.153. The lowest BCUT2D eigenvalue weighted by atomic mass is 10.2. The molecular weight excluding hydrogens is 513 g/mol. The number of ether oxygens (including phenoxy) is 2. The van der Waals surface area contributed by atoms with Crippen molar-refractivity contribution in [2.75, 3.05) is 12.9 Å². The van der Waals surface area contributed by atoms with Crippen LogP contribution >= 0.6 is 46.3 Å². The van der Waals surface area contributed by atoms with E-state index < -0.39 is 0 Å². The largest absolute Gasteiger partial charge is 0.493 e. The lowest BCUT2D eigenvalue weighted by Crippen LogP contribution is -2.19. The maximum absolute atomic E-state index is 12.2. The fourth-order valence-corrected chi connectivity index (χ4v) is 5.26. The van der Waals surface area contributed by atoms with E-state index >= 15 is 0 Å². The molecule has 1 N–H and O–H groups in total. The van der Waals surface area contributed by atoms with Gasteiger partial charge in [0.15, 0.2) is 15.8 Å². The molecule has 0 saturated carbocycles. The average Bonchev–Trinajstić information content (AvgIpc) is 3.25. The minimum absolute atomic E-state index is 0.218. The van der Waals surface area contributed by atoms with Gasteiger partial charge in [0.2, 0.25) is 0 Å². The first kappa shape index (κ1) is 24.3. The first-order valence-corrected chi connectivity index (χ1v) is 12.6. The summed E-state index contributed by atoms with van der Waals surface area (Å²) in [5.41, 5.74) is 5.00. The lowest BCUT2D eigenvalue weighted by Gasteiger charge is -2.12. The van der Waals surface area contributed by atoms with Gasteiger partial charge in [-0.3, -0.25) is 4.79 Å². The van der Waals surface area contributed by atoms with E-state index in [1.54, 1.807) is 48.9 Å². The number of thioether (sulfide) groups is 1. The Balaban J connectivity index is 1.33. The third-order valence-corrected chi connectivity index (χ3v) is 7.36. The molecule has 1 amide bonds. The predicted octanol–water partition coefficient (Wildman–Crippen LogP) is 6.43. The van der Waals surface area contributed by atoms with Gasteiger partial charge < -0.3 is 9.47 Å². The maximum Gasteiger partial charge on any atom is 0.250 e. The van der Waals surface area contributed by atoms with Crippen LogP contribution < -0.4 is 14.9 Å². The second-order valence-corrected chi connectivity index (χ2v) is 10.1. The third kappa shape index (κ3) is 6.42. The molecule has 4 rings (SSSR count). The van der Waals surface area contributed by atoms with Gasteiger partial charge in [-0.1, -0.05) is 53.2 Å². The van der Waals surface area contributed by atoms with Gasteiger partial charge in [-0.2, -0.15) is 5.10 Å². The molecule has 6 nitrogen and oxygen atoms in total. The van der Waals surface area contributed by atoms with E-state index in [0.717, 1.165) is 25.7 Å². The van der Waals surface area contributed by atoms with Gasteiger partial charge in [0.25, 0.3) is 5.91 Å². The van der Waals surface area contributed by atoms with Gasteiger partial charge in [-0.25, -0.2) is 10.4 Å². The SMILES string of the molecule is COc1ccc(/C=N\NC(=O)CSc2nc3ccccc3s2)cc1OCc1ccc(Cl)cc1Cl. The molecule has 0 spiro atoms. The number of thiazole rings is 1. The second-order valence-electron chi connectivity index (χ2n) is 6.96. The summed E-state index contributed by atoms with van der Waals surface area (Å²) in [5, 5.41) is 5.13. The zero-order chi connectivity index (χ0) is 23.9. The van der Waals surface area contributed by atoms with Gasteiger partial charge in [0.05, 0.1) is 29.3 Å². The molecule has 1 aromatic heterocycles. The first-order chi connectivity index (χ1) is 16.5. The molecule has 0 atom stereocenters. The fraction of sp³-hybridized carbons (Fsp3) is 0.125. The van der Waals surface area contributed by atoms with E-state index in [-0.39, 0.29) is 18.3 Å². The smallest absolute Gasteiger partial charge is 0.250 e. The summed E-state index contributed by atoms with van der Waals surface area (Å²) in [6.45, 7) is 0.243. The monoisotopic (exact) mass is 531 g/mol. The molecule has 0 bridgehead atoms. The molecule has 4 aromatic rings. The molecule has 1 heterocycles. The van der Waals surface area contributed by atoms with Gasteiger partial charge in [-0.05, 0) is 48.0 Å². The van der Waals surface area contributed by atoms with Crippen LogP contribution in [-0.4, -0.2) is 30.0 Å². The molecule has 174 valence electrons. The Kier molecular flexibility index (Phi) is 8.29. The number of amides is 1. The van der Waals surface area contributed by atoms with E-state index in [1.165, 1.54) is 11.8 Å². The minimum Gasteiger partial charge on any atom is -0.493 e. The number of fused-ring (bicyclic) bond motifs is 1. The lowest BCUT2D eigenvalue weighted by molar-refractivity contribution is -0.118. The third-order valence-electron chi connectivity index (χ3n) is 4.59. The zero-order valence-electron chi connectivity index (χ0n) is 18.0. The highest BCUT2D eigenvalue weighted by Gasteiger charge is 2.09. The summed E-state index contributed by atoms with van der Waals surface area (Å²) in [4.78, 5) is 16.7. The number of benzene rings is 3. The number of hydrazone groups is 1. The van der Waals surface area contributed by atoms with E-state index in [0.29, 0.717) is 21.5 Å². The van der Waals surface area contributed by atoms with Crippen LogP contribution in [0.3, 0.4) is 0 Å². The number of hydrogen-bond donors (Lipinski definition) is 1. The highest BCUT2D eigenvalue weighted by atomic mass is 35.5. The van der Waals surface area contributed by atoms with Gasteiger partial charge in [0.1, 0.15) is 6.61 Å². The number of methoxy groups -OCH3 is 1. The van der Waals surface area contributed by atoms with Crippen molar-refractivity contribution in [2.24, 2.45) is 5.10 Å². The highest BCUT2D eigenvalue weighted by Crippen LogP contribution is 2.30. The van der Waals surface area contributed by atoms with E-state index in [2.05, 4.69) is 15.5 Å². The molecular formula is C24H19Cl2N3O3S2. The number of hydrogen-bond acceptors (Lipinski definition) is 7. The molecule has 3 aromatic carbocycles. The number of nitrogens with zero attached hydrogens (tertiary/aromatic N) is 2. The molecule has 0 aliphatic rings. The molecule has 0 fully saturated rings. The Hall–Kier alpha value is -2.78. The maximum atomic E-state index is 12.2. The van der Waals surface area contributed by atoms with Crippen molar-refractivity contribution in [1.82, 2.24) is 10.4 Å². The van der Waals surface area contributed by atoms with Crippen molar-refractivity contribution in [3.8, 4) is 11.5 Å². The Morgan fingerprint density at radius 2 is 2.00 bits per heavy atom. The van der Waals surface area contributed by atoms with Gasteiger partial charge in [-0.15, -0.1) is 11.3 Å². The number of rotatable bonds is 9. The topological polar surface area (TPSA) is 72.8 Å². The molecule has 0 aliphatic carbocycles. The van der Waals surface area contributed by atoms with Crippen molar-refractivity contribution in [1.29, 1.82) is 0 Å². The Morgan fingerprint density at radius 1 is 1.15 bits per heavy atom. The summed E-state index contributed by atoms with van der Waals surface area (Å²) in [6.07, 6.45) is 1.54. The fourth-order valence-electron chi connectivity index (χ4n) is 2.93. The van der Waals surface area contributed by atoms with Crippen molar-refractivity contribution >= 4 is 68.6 Å². The van der Waals surface area contributed by atoms with Crippen molar-refractivity contribution < 1.29 is 14.3 Å². The van der Waals surface area contributed by atoms with Gasteiger partial charge >= 0.3 is 0 Å². The van der Waals surface area contributed by atoms with Crippen molar-refractivity contribution in [3.05, 3.63) is 81.8 Å². The standard InChI is InChI=1S/C24H19Cl2N3O3S2/c1-31-20-9-6-15(10-21(20)32-13-16-7-8-17(25)11-18(16)26)12-27-29-23(30)14-33-24-28-19-4-2-3-5-22(19)34-24/h2-12H,13-14H2,1H3,(H,29,30)/b27-12-. The summed E-state index contributed by atoms with van der Waals surface area (Å²) < 4.78 is 13.2. The normalized spacial score (nSPS) is 11.1. The molecule has 0 radical (unpaired) electrons. The second kappa shape index (κ2) is 11.6. The van der Waals surface area contributed by atoms with E-state index in [1.807, 2.05) is 36.4 Å². The van der Waals surface area contributed by atoms with E-state index in [4.69, 9.17) is 32.7 Å². The summed E-state index contributed by atoms with van der Waals surface area (Å²) in [6, 6.07) is 18.5. The van der Waals surface area contributed by atoms with Crippen LogP contribution in [-0.2, 0) is 11.4 Å². The van der Waals surface area contributed by atoms with Crippen LogP contribution in [0.2, 0.25) is 10.0 Å². The number of para-hydroxylation sites is 1. The molecule has 0 unspecified atom stereocenters. The Labute approximate surface area is 214 Å². The molecule has 34 heavy (non-hydrogen) atoms. The summed E-state index contributed by atoms with van der Waals surface area (Å²) in [5.74, 6) is 1.09. The van der Waals surface area contributed by atoms with Crippen LogP contribution in [0.25, 0.3) is 10.2 Å². The van der Waals surface area contributed by atoms with Crippen LogP contribution in [0.1, 0.15) is 11.1 Å². The molecule has 10 heteroatoms. The molecule has 0 saturated heterocycles. The Morgan fingerprint density at radius 3 is 2.79 bits per heavy atom. The number of carbonyl (C=O) groups is 1. The number of carbonyl (C=O) groups excluding carboxylic acids is 1. The van der Waals surface area contributed by atoms with Crippen LogP contribution in [0.5, 0.6) is 11.5 Å². The van der Waals surface area contributed by atoms with E-state index in [9.17, 15) is 4.79 Å². The summed E-state index contributed by atoms with van der Waals surface area (Å²) in [7, 11) is 1.56. The molecule has 0 aliphatic heterocycles. The minimum atomic E-state index is -0.220. The van der Waals surface area contributed by atoms with Crippen LogP contribution in [0, 0.1) is 0 Å². The average molecular weight is 532 g/mol. The van der Waals surface area contributed by atoms with Gasteiger partial charge in [0, 0.05) is 15.6 Å². The summed E-state index contributed by atoms with van der Waals surface area (Å²) >= 11 is 15.1. The number of halogens is 2. The predicted molar refractivity (Wildman–Crippen MR) is 140 cm³/mol. The number of nitrogens with one attached hydrogen (secondary N) is 1. The first-order valence-electron chi connectivity index (χ1n) is 10.1. The Bertz CT molecular complexity index is 1310. The van der Waals surface area contributed by atoms with Crippen molar-refractivity contribution in [3.63, 3.8) is 0 Å². The number of aromatic nitrogens is 1. The van der Waals surface area contributed by atoms with Crippen LogP contribution in [0.4, 0.5) is 0 Å².